The van der Waals surface area contributed by atoms with E-state index in [4.69, 9.17) is 5.21 Å². The maximum atomic E-state index is 12.1. The molecule has 1 aromatic carbocycles. The molecule has 4 heteroatoms. The predicted octanol–water partition coefficient (Wildman–Crippen LogP) is 2.05. The first kappa shape index (κ1) is 9.20. The molecule has 0 atom stereocenters. The van der Waals surface area contributed by atoms with Gasteiger partial charge in [0.2, 0.25) is 0 Å². The Labute approximate surface area is 64.0 Å². The van der Waals surface area contributed by atoms with Gasteiger partial charge in [0.25, 0.3) is 0 Å². The fourth-order valence-corrected chi connectivity index (χ4v) is 0.524. The number of anilines is 1. The lowest BCUT2D eigenvalue weighted by Crippen LogP contribution is -1.87. The second kappa shape index (κ2) is 4.09. The molecule has 1 aromatic rings. The molecule has 0 saturated heterocycles. The molecule has 2 N–H and O–H groups in total. The lowest BCUT2D eigenvalue weighted by Gasteiger charge is -1.94. The van der Waals surface area contributed by atoms with Crippen molar-refractivity contribution in [3.05, 3.63) is 30.1 Å². The van der Waals surface area contributed by atoms with E-state index in [0.29, 0.717) is 5.69 Å². The highest BCUT2D eigenvalue weighted by Gasteiger charge is 1.87. The van der Waals surface area contributed by atoms with Crippen LogP contribution in [0.4, 0.5) is 10.1 Å². The molecule has 0 amide bonds. The summed E-state index contributed by atoms with van der Waals surface area (Å²) in [6, 6.07) is 5.40. The fraction of sp³-hybridized carbons (Fsp3) is 0. The van der Waals surface area contributed by atoms with Crippen LogP contribution in [0.3, 0.4) is 0 Å². The molecule has 0 fully saturated rings. The van der Waals surface area contributed by atoms with Gasteiger partial charge in [0.15, 0.2) is 0 Å². The third kappa shape index (κ3) is 2.21. The highest BCUT2D eigenvalue weighted by molar-refractivity contribution is 5.85. The highest BCUT2D eigenvalue weighted by Crippen LogP contribution is 2.05. The zero-order chi connectivity index (χ0) is 6.69. The summed E-state index contributed by atoms with van der Waals surface area (Å²) in [6.45, 7) is 0. The van der Waals surface area contributed by atoms with Crippen molar-refractivity contribution in [1.82, 2.24) is 0 Å². The Morgan fingerprint density at radius 3 is 2.10 bits per heavy atom. The van der Waals surface area contributed by atoms with E-state index in [9.17, 15) is 4.39 Å². The predicted molar refractivity (Wildman–Crippen MR) is 39.1 cm³/mol. The maximum absolute atomic E-state index is 12.1. The molecule has 0 unspecified atom stereocenters. The molecule has 0 spiro atoms. The van der Waals surface area contributed by atoms with Gasteiger partial charge in [-0.2, -0.15) is 0 Å². The standard InChI is InChI=1S/C6H6FNO.ClH/c7-5-1-3-6(8-9)4-2-5;/h1-4,8-9H;1H. The number of benzene rings is 1. The number of nitrogens with one attached hydrogen (secondary N) is 1. The summed E-state index contributed by atoms with van der Waals surface area (Å²) in [5, 5.41) is 8.26. The van der Waals surface area contributed by atoms with Gasteiger partial charge in [-0.05, 0) is 24.3 Å². The first-order valence-corrected chi connectivity index (χ1v) is 2.48. The molecule has 0 heterocycles. The van der Waals surface area contributed by atoms with E-state index in [-0.39, 0.29) is 18.2 Å². The van der Waals surface area contributed by atoms with Crippen LogP contribution in [0, 0.1) is 5.82 Å². The van der Waals surface area contributed by atoms with Gasteiger partial charge in [-0.1, -0.05) is 0 Å². The summed E-state index contributed by atoms with van der Waals surface area (Å²) >= 11 is 0. The topological polar surface area (TPSA) is 32.3 Å². The van der Waals surface area contributed by atoms with Crippen LogP contribution in [-0.4, -0.2) is 5.21 Å². The Hall–Kier alpha value is -0.800. The number of rotatable bonds is 1. The molecule has 0 bridgehead atoms. The quantitative estimate of drug-likeness (QED) is 0.621. The van der Waals surface area contributed by atoms with Gasteiger partial charge in [0.05, 0.1) is 5.69 Å². The number of halogens is 2. The van der Waals surface area contributed by atoms with E-state index in [0.717, 1.165) is 0 Å². The van der Waals surface area contributed by atoms with Crippen molar-refractivity contribution < 1.29 is 9.60 Å². The molecule has 0 saturated carbocycles. The van der Waals surface area contributed by atoms with Crippen molar-refractivity contribution >= 4 is 18.1 Å². The fourth-order valence-electron chi connectivity index (χ4n) is 0.524. The lowest BCUT2D eigenvalue weighted by atomic mass is 10.3. The van der Waals surface area contributed by atoms with E-state index in [2.05, 4.69) is 0 Å². The number of hydrogen-bond acceptors (Lipinski definition) is 2. The van der Waals surface area contributed by atoms with E-state index in [1.54, 1.807) is 0 Å². The van der Waals surface area contributed by atoms with Gasteiger partial charge in [0.1, 0.15) is 5.82 Å². The minimum atomic E-state index is -0.311. The molecule has 10 heavy (non-hydrogen) atoms. The van der Waals surface area contributed by atoms with Crippen molar-refractivity contribution in [3.8, 4) is 0 Å². The Morgan fingerprint density at radius 1 is 1.20 bits per heavy atom. The van der Waals surface area contributed by atoms with Crippen molar-refractivity contribution in [3.63, 3.8) is 0 Å². The number of hydrogen-bond donors (Lipinski definition) is 2. The van der Waals surface area contributed by atoms with Crippen LogP contribution in [0.1, 0.15) is 0 Å². The summed E-state index contributed by atoms with van der Waals surface area (Å²) < 4.78 is 12.1. The normalized spacial score (nSPS) is 8.20. The van der Waals surface area contributed by atoms with E-state index < -0.39 is 0 Å². The van der Waals surface area contributed by atoms with Crippen molar-refractivity contribution in [2.45, 2.75) is 0 Å². The van der Waals surface area contributed by atoms with Gasteiger partial charge >= 0.3 is 0 Å². The van der Waals surface area contributed by atoms with Crippen LogP contribution in [0.5, 0.6) is 0 Å². The van der Waals surface area contributed by atoms with Gasteiger partial charge in [-0.3, -0.25) is 10.7 Å². The molecule has 0 aliphatic heterocycles. The van der Waals surface area contributed by atoms with Crippen molar-refractivity contribution in [2.24, 2.45) is 0 Å². The zero-order valence-corrected chi connectivity index (χ0v) is 5.86. The lowest BCUT2D eigenvalue weighted by molar-refractivity contribution is 0.389. The van der Waals surface area contributed by atoms with E-state index in [1.165, 1.54) is 24.3 Å². The Kier molecular flexibility index (Phi) is 3.76. The average molecular weight is 164 g/mol. The monoisotopic (exact) mass is 163 g/mol. The van der Waals surface area contributed by atoms with Crippen LogP contribution < -0.4 is 5.48 Å². The summed E-state index contributed by atoms with van der Waals surface area (Å²) in [5.41, 5.74) is 2.37. The molecular formula is C6H7ClFNO. The Morgan fingerprint density at radius 2 is 1.70 bits per heavy atom. The summed E-state index contributed by atoms with van der Waals surface area (Å²) in [4.78, 5) is 0. The van der Waals surface area contributed by atoms with Gasteiger partial charge in [-0.15, -0.1) is 12.4 Å². The summed E-state index contributed by atoms with van der Waals surface area (Å²) in [7, 11) is 0. The minimum Gasteiger partial charge on any atom is -0.291 e. The minimum absolute atomic E-state index is 0. The molecule has 0 aromatic heterocycles. The van der Waals surface area contributed by atoms with Crippen LogP contribution >= 0.6 is 12.4 Å². The molecule has 2 nitrogen and oxygen atoms in total. The van der Waals surface area contributed by atoms with Crippen LogP contribution in [0.2, 0.25) is 0 Å². The average Bonchev–Trinajstić information content (AvgIpc) is 1.90. The molecular weight excluding hydrogens is 157 g/mol. The third-order valence-electron chi connectivity index (χ3n) is 0.973. The molecule has 0 aliphatic carbocycles. The second-order valence-electron chi connectivity index (χ2n) is 1.62. The summed E-state index contributed by atoms with van der Waals surface area (Å²) in [5.74, 6) is -0.311. The summed E-state index contributed by atoms with van der Waals surface area (Å²) in [6.07, 6.45) is 0. The largest absolute Gasteiger partial charge is 0.291 e. The van der Waals surface area contributed by atoms with E-state index >= 15 is 0 Å². The van der Waals surface area contributed by atoms with Crippen molar-refractivity contribution in [2.75, 3.05) is 5.48 Å². The molecule has 0 aliphatic rings. The van der Waals surface area contributed by atoms with Gasteiger partial charge in [-0.25, -0.2) is 4.39 Å². The van der Waals surface area contributed by atoms with Gasteiger partial charge in [0, 0.05) is 0 Å². The maximum Gasteiger partial charge on any atom is 0.123 e. The van der Waals surface area contributed by atoms with Crippen LogP contribution in [0.25, 0.3) is 0 Å². The smallest absolute Gasteiger partial charge is 0.123 e. The molecule has 56 valence electrons. The second-order valence-corrected chi connectivity index (χ2v) is 1.62. The SMILES string of the molecule is Cl.ONc1ccc(F)cc1. The Bertz CT molecular complexity index is 189. The first-order valence-electron chi connectivity index (χ1n) is 2.48. The molecule has 0 radical (unpaired) electrons. The molecule has 1 rings (SSSR count). The highest BCUT2D eigenvalue weighted by atomic mass is 35.5. The van der Waals surface area contributed by atoms with Crippen LogP contribution in [-0.2, 0) is 0 Å². The van der Waals surface area contributed by atoms with Gasteiger partial charge < -0.3 is 0 Å². The first-order chi connectivity index (χ1) is 4.33. The Balaban J connectivity index is 0.000000810. The third-order valence-corrected chi connectivity index (χ3v) is 0.973. The zero-order valence-electron chi connectivity index (χ0n) is 5.04. The van der Waals surface area contributed by atoms with Crippen molar-refractivity contribution in [1.29, 1.82) is 0 Å². The van der Waals surface area contributed by atoms with E-state index in [1.807, 2.05) is 5.48 Å². The van der Waals surface area contributed by atoms with Crippen LogP contribution in [0.15, 0.2) is 24.3 Å².